The van der Waals surface area contributed by atoms with Gasteiger partial charge in [-0.1, -0.05) is 95.3 Å². The van der Waals surface area contributed by atoms with Gasteiger partial charge in [0.1, 0.15) is 0 Å². The van der Waals surface area contributed by atoms with Gasteiger partial charge < -0.3 is 0 Å². The third-order valence-corrected chi connectivity index (χ3v) is 3.29. The molecule has 0 N–H and O–H groups in total. The molecule has 0 saturated heterocycles. The van der Waals surface area contributed by atoms with Crippen LogP contribution in [0.3, 0.4) is 0 Å². The zero-order valence-electron chi connectivity index (χ0n) is 11.6. The van der Waals surface area contributed by atoms with Crippen molar-refractivity contribution >= 4 is 17.6 Å². The van der Waals surface area contributed by atoms with Crippen LogP contribution in [0, 0.1) is 0 Å². The van der Waals surface area contributed by atoms with Gasteiger partial charge in [0.15, 0.2) is 0 Å². The van der Waals surface area contributed by atoms with Crippen molar-refractivity contribution in [3.8, 4) is 0 Å². The molecule has 2 aromatic rings. The number of hydrogen-bond acceptors (Lipinski definition) is 0. The van der Waals surface area contributed by atoms with Gasteiger partial charge in [0.25, 0.3) is 0 Å². The zero-order chi connectivity index (χ0) is 13.5. The number of allylic oxidation sites excluding steroid dienone is 4. The monoisotopic (exact) mass is 246 g/mol. The third kappa shape index (κ3) is 3.26. The van der Waals surface area contributed by atoms with Crippen molar-refractivity contribution in [2.45, 2.75) is 13.8 Å². The molecule has 0 unspecified atom stereocenters. The molecule has 0 nitrogen and oxygen atoms in total. The van der Waals surface area contributed by atoms with Crippen LogP contribution in [-0.4, -0.2) is 6.71 Å². The molecule has 0 bridgehead atoms. The number of hydrogen-bond donors (Lipinski definition) is 0. The van der Waals surface area contributed by atoms with Gasteiger partial charge in [-0.3, -0.25) is 0 Å². The van der Waals surface area contributed by atoms with Gasteiger partial charge in [0, 0.05) is 0 Å². The van der Waals surface area contributed by atoms with Crippen LogP contribution >= 0.6 is 0 Å². The highest BCUT2D eigenvalue weighted by Gasteiger charge is 2.21. The summed E-state index contributed by atoms with van der Waals surface area (Å²) in [6.07, 6.45) is 6.50. The predicted molar refractivity (Wildman–Crippen MR) is 86.5 cm³/mol. The molecule has 0 amide bonds. The predicted octanol–water partition coefficient (Wildman–Crippen LogP) is 3.36. The van der Waals surface area contributed by atoms with Gasteiger partial charge in [-0.25, -0.2) is 0 Å². The molecule has 0 heterocycles. The van der Waals surface area contributed by atoms with Crippen LogP contribution in [0.1, 0.15) is 13.8 Å². The molecule has 0 saturated carbocycles. The highest BCUT2D eigenvalue weighted by atomic mass is 14.0. The maximum Gasteiger partial charge on any atom is 0.240 e. The highest BCUT2D eigenvalue weighted by molar-refractivity contribution is 6.91. The molecule has 2 rings (SSSR count). The van der Waals surface area contributed by atoms with E-state index in [2.05, 4.69) is 92.7 Å². The maximum absolute atomic E-state index is 2.20. The van der Waals surface area contributed by atoms with E-state index in [4.69, 9.17) is 0 Å². The first-order valence-corrected chi connectivity index (χ1v) is 6.75. The minimum Gasteiger partial charge on any atom is -0.0924 e. The van der Waals surface area contributed by atoms with Crippen molar-refractivity contribution in [2.24, 2.45) is 0 Å². The largest absolute Gasteiger partial charge is 0.240 e. The van der Waals surface area contributed by atoms with Crippen LogP contribution in [-0.2, 0) is 0 Å². The van der Waals surface area contributed by atoms with Gasteiger partial charge in [-0.15, -0.1) is 0 Å². The fourth-order valence-electron chi connectivity index (χ4n) is 2.42. The minimum absolute atomic E-state index is 0.309. The van der Waals surface area contributed by atoms with Crippen LogP contribution in [0.2, 0.25) is 0 Å². The molecule has 0 aliphatic rings. The Morgan fingerprint density at radius 3 is 1.63 bits per heavy atom. The quantitative estimate of drug-likeness (QED) is 0.573. The van der Waals surface area contributed by atoms with Crippen molar-refractivity contribution in [1.29, 1.82) is 0 Å². The fraction of sp³-hybridized carbons (Fsp3) is 0.111. The van der Waals surface area contributed by atoms with E-state index >= 15 is 0 Å². The molecule has 0 atom stereocenters. The molecule has 0 radical (unpaired) electrons. The molecule has 19 heavy (non-hydrogen) atoms. The Balaban J connectivity index is 2.51. The minimum atomic E-state index is 0.309. The Bertz CT molecular complexity index is 513. The maximum atomic E-state index is 2.20. The Hall–Kier alpha value is -2.02. The van der Waals surface area contributed by atoms with E-state index in [1.807, 2.05) is 0 Å². The summed E-state index contributed by atoms with van der Waals surface area (Å²) in [6.45, 7) is 4.48. The van der Waals surface area contributed by atoms with Crippen molar-refractivity contribution in [2.75, 3.05) is 0 Å². The Labute approximate surface area is 116 Å². The smallest absolute Gasteiger partial charge is 0.0924 e. The van der Waals surface area contributed by atoms with E-state index in [1.165, 1.54) is 16.4 Å². The summed E-state index contributed by atoms with van der Waals surface area (Å²) < 4.78 is 0. The molecule has 0 aliphatic carbocycles. The first-order valence-electron chi connectivity index (χ1n) is 6.75. The normalized spacial score (nSPS) is 11.8. The molecular weight excluding hydrogens is 227 g/mol. The lowest BCUT2D eigenvalue weighted by Gasteiger charge is -2.16. The average Bonchev–Trinajstić information content (AvgIpc) is 2.49. The SMILES string of the molecule is C/C=C\C(=C/C)B(c1ccccc1)c1ccccc1. The second kappa shape index (κ2) is 6.79. The lowest BCUT2D eigenvalue weighted by Crippen LogP contribution is -2.43. The standard InChI is InChI=1S/C18H19B/c1-3-11-16(4-2)19(17-12-7-5-8-13-17)18-14-9-6-10-15-18/h3-15H,1-2H3/b11-3-,16-4+. The zero-order valence-corrected chi connectivity index (χ0v) is 11.6. The third-order valence-electron chi connectivity index (χ3n) is 3.29. The highest BCUT2D eigenvalue weighted by Crippen LogP contribution is 2.05. The van der Waals surface area contributed by atoms with E-state index in [1.54, 1.807) is 0 Å². The van der Waals surface area contributed by atoms with Crippen LogP contribution in [0.15, 0.2) is 84.4 Å². The molecule has 0 aromatic heterocycles. The second-order valence-corrected chi connectivity index (χ2v) is 4.54. The Kier molecular flexibility index (Phi) is 4.80. The summed E-state index contributed by atoms with van der Waals surface area (Å²) in [7, 11) is 0. The van der Waals surface area contributed by atoms with Gasteiger partial charge in [0.2, 0.25) is 6.71 Å². The van der Waals surface area contributed by atoms with Crippen molar-refractivity contribution < 1.29 is 0 Å². The van der Waals surface area contributed by atoms with Crippen LogP contribution in [0.4, 0.5) is 0 Å². The van der Waals surface area contributed by atoms with Crippen molar-refractivity contribution in [3.05, 3.63) is 84.4 Å². The fourth-order valence-corrected chi connectivity index (χ4v) is 2.42. The van der Waals surface area contributed by atoms with Crippen molar-refractivity contribution in [3.63, 3.8) is 0 Å². The van der Waals surface area contributed by atoms with Gasteiger partial charge >= 0.3 is 0 Å². The van der Waals surface area contributed by atoms with Crippen molar-refractivity contribution in [1.82, 2.24) is 0 Å². The Morgan fingerprint density at radius 2 is 1.26 bits per heavy atom. The van der Waals surface area contributed by atoms with Gasteiger partial charge in [-0.2, -0.15) is 0 Å². The molecule has 2 aromatic carbocycles. The summed E-state index contributed by atoms with van der Waals surface area (Å²) in [6, 6.07) is 21.3. The topological polar surface area (TPSA) is 0 Å². The molecule has 0 fully saturated rings. The molecule has 1 heteroatoms. The molecule has 94 valence electrons. The lowest BCUT2D eigenvalue weighted by molar-refractivity contribution is 1.62. The van der Waals surface area contributed by atoms with Crippen LogP contribution in [0.25, 0.3) is 0 Å². The van der Waals surface area contributed by atoms with Gasteiger partial charge in [0.05, 0.1) is 0 Å². The lowest BCUT2D eigenvalue weighted by atomic mass is 9.36. The molecule has 0 spiro atoms. The summed E-state index contributed by atoms with van der Waals surface area (Å²) in [4.78, 5) is 0. The van der Waals surface area contributed by atoms with E-state index in [9.17, 15) is 0 Å². The van der Waals surface area contributed by atoms with E-state index in [0.717, 1.165) is 0 Å². The van der Waals surface area contributed by atoms with Crippen LogP contribution in [0.5, 0.6) is 0 Å². The van der Waals surface area contributed by atoms with Crippen LogP contribution < -0.4 is 10.9 Å². The summed E-state index contributed by atoms with van der Waals surface area (Å²) in [5.41, 5.74) is 4.00. The summed E-state index contributed by atoms with van der Waals surface area (Å²) in [5.74, 6) is 0. The molecule has 0 aliphatic heterocycles. The first kappa shape index (κ1) is 13.4. The van der Waals surface area contributed by atoms with E-state index in [0.29, 0.717) is 6.71 Å². The summed E-state index contributed by atoms with van der Waals surface area (Å²) >= 11 is 0. The van der Waals surface area contributed by atoms with Gasteiger partial charge in [-0.05, 0) is 13.8 Å². The summed E-state index contributed by atoms with van der Waals surface area (Å²) in [5, 5.41) is 0. The van der Waals surface area contributed by atoms with E-state index < -0.39 is 0 Å². The van der Waals surface area contributed by atoms with E-state index in [-0.39, 0.29) is 0 Å². The number of benzene rings is 2. The molecular formula is C18H19B. The Morgan fingerprint density at radius 1 is 0.789 bits per heavy atom. The number of rotatable bonds is 4. The second-order valence-electron chi connectivity index (χ2n) is 4.54. The first-order chi connectivity index (χ1) is 9.36. The average molecular weight is 246 g/mol.